The highest BCUT2D eigenvalue weighted by Gasteiger charge is 1.93. The summed E-state index contributed by atoms with van der Waals surface area (Å²) < 4.78 is 0. The van der Waals surface area contributed by atoms with Crippen LogP contribution in [-0.4, -0.2) is 15.2 Å². The van der Waals surface area contributed by atoms with Crippen molar-refractivity contribution in [3.63, 3.8) is 0 Å². The Labute approximate surface area is 51.5 Å². The van der Waals surface area contributed by atoms with Crippen LogP contribution in [0.5, 0.6) is 0 Å². The van der Waals surface area contributed by atoms with Crippen LogP contribution in [0.15, 0.2) is 12.5 Å². The maximum Gasteiger partial charge on any atom is 0.176 e. The molecule has 0 saturated heterocycles. The molecule has 5 heteroatoms. The van der Waals surface area contributed by atoms with E-state index in [1.807, 2.05) is 5.48 Å². The van der Waals surface area contributed by atoms with Gasteiger partial charge in [-0.2, -0.15) is 0 Å². The Balaban J connectivity index is 3.01. The van der Waals surface area contributed by atoms with Crippen molar-refractivity contribution in [1.29, 1.82) is 0 Å². The molecule has 0 amide bonds. The van der Waals surface area contributed by atoms with E-state index in [9.17, 15) is 0 Å². The normalized spacial score (nSPS) is 9.00. The highest BCUT2D eigenvalue weighted by molar-refractivity contribution is 5.57. The third-order valence-corrected chi connectivity index (χ3v) is 0.846. The third-order valence-electron chi connectivity index (χ3n) is 0.846. The van der Waals surface area contributed by atoms with Crippen molar-refractivity contribution in [2.24, 2.45) is 0 Å². The van der Waals surface area contributed by atoms with Gasteiger partial charge < -0.3 is 5.73 Å². The zero-order valence-electron chi connectivity index (χ0n) is 4.57. The molecule has 0 atom stereocenters. The highest BCUT2D eigenvalue weighted by Crippen LogP contribution is 2.08. The van der Waals surface area contributed by atoms with Crippen molar-refractivity contribution in [2.75, 3.05) is 11.2 Å². The molecule has 1 heterocycles. The summed E-state index contributed by atoms with van der Waals surface area (Å²) in [4.78, 5) is 7.21. The molecule has 1 aromatic heterocycles. The molecule has 4 N–H and O–H groups in total. The summed E-state index contributed by atoms with van der Waals surface area (Å²) in [5, 5.41) is 8.30. The number of nitrogens with one attached hydrogen (secondary N) is 1. The summed E-state index contributed by atoms with van der Waals surface area (Å²) in [5.41, 5.74) is 7.42. The van der Waals surface area contributed by atoms with E-state index in [1.165, 1.54) is 12.5 Å². The molecule has 0 spiro atoms. The van der Waals surface area contributed by atoms with Gasteiger partial charge in [0.1, 0.15) is 6.33 Å². The number of hydrogen-bond donors (Lipinski definition) is 3. The molecule has 1 rings (SSSR count). The molecule has 0 bridgehead atoms. The quantitative estimate of drug-likeness (QED) is 0.456. The van der Waals surface area contributed by atoms with E-state index < -0.39 is 0 Å². The maximum absolute atomic E-state index is 8.30. The Bertz CT molecular complexity index is 202. The van der Waals surface area contributed by atoms with Gasteiger partial charge in [0.25, 0.3) is 0 Å². The molecule has 0 saturated carbocycles. The fourth-order valence-electron chi connectivity index (χ4n) is 0.434. The molecule has 5 nitrogen and oxygen atoms in total. The van der Waals surface area contributed by atoms with Crippen LogP contribution < -0.4 is 11.2 Å². The second kappa shape index (κ2) is 2.27. The number of aromatic nitrogens is 2. The van der Waals surface area contributed by atoms with Crippen LogP contribution >= 0.6 is 0 Å². The number of nitrogens with two attached hydrogens (primary N) is 1. The van der Waals surface area contributed by atoms with Crippen molar-refractivity contribution in [3.05, 3.63) is 12.5 Å². The van der Waals surface area contributed by atoms with E-state index in [-0.39, 0.29) is 5.82 Å². The predicted molar refractivity (Wildman–Crippen MR) is 31.9 cm³/mol. The number of anilines is 2. The maximum atomic E-state index is 8.30. The molecule has 0 aliphatic rings. The second-order valence-corrected chi connectivity index (χ2v) is 1.44. The van der Waals surface area contributed by atoms with E-state index in [4.69, 9.17) is 10.9 Å². The smallest absolute Gasteiger partial charge is 0.176 e. The van der Waals surface area contributed by atoms with Gasteiger partial charge in [0.05, 0.1) is 11.9 Å². The van der Waals surface area contributed by atoms with Gasteiger partial charge in [-0.05, 0) is 0 Å². The molecule has 9 heavy (non-hydrogen) atoms. The minimum Gasteiger partial charge on any atom is -0.394 e. The van der Waals surface area contributed by atoms with Gasteiger partial charge in [0, 0.05) is 0 Å². The lowest BCUT2D eigenvalue weighted by molar-refractivity contribution is 0.386. The van der Waals surface area contributed by atoms with Crippen LogP contribution in [0.1, 0.15) is 0 Å². The molecule has 0 fully saturated rings. The van der Waals surface area contributed by atoms with Crippen LogP contribution in [0.4, 0.5) is 11.5 Å². The summed E-state index contributed by atoms with van der Waals surface area (Å²) in [7, 11) is 0. The minimum absolute atomic E-state index is 0.227. The first-order valence-corrected chi connectivity index (χ1v) is 2.30. The average Bonchev–Trinajstić information content (AvgIpc) is 1.89. The fraction of sp³-hybridized carbons (Fsp3) is 0. The Morgan fingerprint density at radius 3 is 2.89 bits per heavy atom. The van der Waals surface area contributed by atoms with Crippen LogP contribution in [0.25, 0.3) is 0 Å². The Hall–Kier alpha value is -1.36. The van der Waals surface area contributed by atoms with E-state index in [1.54, 1.807) is 0 Å². The van der Waals surface area contributed by atoms with Crippen LogP contribution in [0, 0.1) is 0 Å². The van der Waals surface area contributed by atoms with Gasteiger partial charge in [0.2, 0.25) is 0 Å². The van der Waals surface area contributed by atoms with E-state index in [0.29, 0.717) is 5.69 Å². The molecular weight excluding hydrogens is 120 g/mol. The fourth-order valence-corrected chi connectivity index (χ4v) is 0.434. The lowest BCUT2D eigenvalue weighted by atomic mass is 10.5. The van der Waals surface area contributed by atoms with Crippen molar-refractivity contribution in [3.8, 4) is 0 Å². The zero-order valence-corrected chi connectivity index (χ0v) is 4.57. The van der Waals surface area contributed by atoms with Gasteiger partial charge in [-0.1, -0.05) is 0 Å². The third kappa shape index (κ3) is 1.06. The summed E-state index contributed by atoms with van der Waals surface area (Å²) in [5.74, 6) is 0.227. The van der Waals surface area contributed by atoms with Crippen LogP contribution in [0.3, 0.4) is 0 Å². The van der Waals surface area contributed by atoms with Crippen molar-refractivity contribution < 1.29 is 5.21 Å². The van der Waals surface area contributed by atoms with Gasteiger partial charge in [-0.3, -0.25) is 10.7 Å². The number of nitrogen functional groups attached to an aromatic ring is 1. The molecular formula is C4H6N4O. The second-order valence-electron chi connectivity index (χ2n) is 1.44. The Kier molecular flexibility index (Phi) is 1.46. The lowest BCUT2D eigenvalue weighted by Gasteiger charge is -1.97. The largest absolute Gasteiger partial charge is 0.394 e. The Morgan fingerprint density at radius 1 is 1.67 bits per heavy atom. The number of rotatable bonds is 1. The van der Waals surface area contributed by atoms with Crippen molar-refractivity contribution in [2.45, 2.75) is 0 Å². The van der Waals surface area contributed by atoms with E-state index >= 15 is 0 Å². The zero-order chi connectivity index (χ0) is 6.69. The summed E-state index contributed by atoms with van der Waals surface area (Å²) in [6.07, 6.45) is 2.68. The summed E-state index contributed by atoms with van der Waals surface area (Å²) in [6.45, 7) is 0. The van der Waals surface area contributed by atoms with E-state index in [0.717, 1.165) is 0 Å². The molecule has 0 unspecified atom stereocenters. The van der Waals surface area contributed by atoms with Crippen LogP contribution in [0.2, 0.25) is 0 Å². The standard InChI is InChI=1S/C4H6N4O/c5-3-1-6-2-7-4(3)8-9/h1-2,9H,5H2,(H,6,7,8). The average molecular weight is 126 g/mol. The topological polar surface area (TPSA) is 84.1 Å². The Morgan fingerprint density at radius 2 is 2.44 bits per heavy atom. The SMILES string of the molecule is Nc1cncnc1NO. The molecule has 0 aliphatic heterocycles. The first-order valence-electron chi connectivity index (χ1n) is 2.30. The number of nitrogens with zero attached hydrogens (tertiary/aromatic N) is 2. The first-order chi connectivity index (χ1) is 4.34. The minimum atomic E-state index is 0.227. The number of hydrogen-bond acceptors (Lipinski definition) is 5. The van der Waals surface area contributed by atoms with Crippen molar-refractivity contribution in [1.82, 2.24) is 9.97 Å². The molecule has 0 aliphatic carbocycles. The summed E-state index contributed by atoms with van der Waals surface area (Å²) in [6, 6.07) is 0. The first kappa shape index (κ1) is 5.77. The van der Waals surface area contributed by atoms with Crippen molar-refractivity contribution >= 4 is 11.5 Å². The van der Waals surface area contributed by atoms with Gasteiger partial charge in [0.15, 0.2) is 5.82 Å². The van der Waals surface area contributed by atoms with Gasteiger partial charge in [-0.15, -0.1) is 0 Å². The van der Waals surface area contributed by atoms with E-state index in [2.05, 4.69) is 9.97 Å². The van der Waals surface area contributed by atoms with Gasteiger partial charge in [-0.25, -0.2) is 9.97 Å². The highest BCUT2D eigenvalue weighted by atomic mass is 16.5. The molecule has 48 valence electrons. The van der Waals surface area contributed by atoms with Crippen LogP contribution in [-0.2, 0) is 0 Å². The lowest BCUT2D eigenvalue weighted by Crippen LogP contribution is -1.98. The molecule has 1 aromatic rings. The van der Waals surface area contributed by atoms with Gasteiger partial charge >= 0.3 is 0 Å². The predicted octanol–water partition coefficient (Wildman–Crippen LogP) is -0.140. The monoisotopic (exact) mass is 126 g/mol. The summed E-state index contributed by atoms with van der Waals surface area (Å²) >= 11 is 0. The molecule has 0 radical (unpaired) electrons. The molecule has 0 aromatic carbocycles.